The van der Waals surface area contributed by atoms with Gasteiger partial charge in [0.05, 0.1) is 17.1 Å². The molecular formula is C60H46N2. The van der Waals surface area contributed by atoms with E-state index in [9.17, 15) is 0 Å². The third-order valence-electron chi connectivity index (χ3n) is 14.5. The SMILES string of the molecule is C1=CCCC(n2c3ccccc3c3cc(-c4ccc5c(c4)c4ccccc4n5C4=CC(C5C=CC(c6ccc7c(c6)C6C=CC=CC6c6ccccc6-7)=CC5)C=C4)ccc32)C=C1. The molecule has 5 unspecified atom stereocenters. The van der Waals surface area contributed by atoms with Crippen molar-refractivity contribution in [3.05, 3.63) is 229 Å². The second-order valence-electron chi connectivity index (χ2n) is 17.8. The number of hydrogen-bond donors (Lipinski definition) is 0. The zero-order valence-corrected chi connectivity index (χ0v) is 34.6. The monoisotopic (exact) mass is 794 g/mol. The van der Waals surface area contributed by atoms with Crippen LogP contribution in [0.15, 0.2) is 212 Å². The van der Waals surface area contributed by atoms with E-state index in [1.54, 1.807) is 0 Å². The van der Waals surface area contributed by atoms with Crippen LogP contribution in [0.2, 0.25) is 0 Å². The van der Waals surface area contributed by atoms with E-state index in [1.165, 1.54) is 93.8 Å². The van der Waals surface area contributed by atoms with Crippen LogP contribution >= 0.6 is 0 Å². The minimum atomic E-state index is 0.335. The maximum absolute atomic E-state index is 2.55. The van der Waals surface area contributed by atoms with Gasteiger partial charge in [-0.05, 0) is 118 Å². The van der Waals surface area contributed by atoms with Gasteiger partial charge in [-0.2, -0.15) is 0 Å². The molecule has 0 N–H and O–H groups in total. The molecule has 0 saturated carbocycles. The normalized spacial score (nSPS) is 22.3. The highest BCUT2D eigenvalue weighted by Crippen LogP contribution is 2.50. The van der Waals surface area contributed by atoms with Crippen LogP contribution in [0, 0.1) is 11.8 Å². The predicted molar refractivity (Wildman–Crippen MR) is 262 cm³/mol. The Hall–Kier alpha value is -7.16. The van der Waals surface area contributed by atoms with E-state index >= 15 is 0 Å². The molecule has 5 aliphatic rings. The fourth-order valence-electron chi connectivity index (χ4n) is 11.5. The van der Waals surface area contributed by atoms with Gasteiger partial charge in [-0.25, -0.2) is 0 Å². The molecule has 8 aromatic rings. The summed E-state index contributed by atoms with van der Waals surface area (Å²) in [5.41, 5.74) is 17.2. The molecule has 5 atom stereocenters. The Morgan fingerprint density at radius 3 is 1.98 bits per heavy atom. The first-order chi connectivity index (χ1) is 30.7. The summed E-state index contributed by atoms with van der Waals surface area (Å²) in [6.07, 6.45) is 36.1. The molecule has 13 rings (SSSR count). The second kappa shape index (κ2) is 14.2. The van der Waals surface area contributed by atoms with Crippen LogP contribution in [0.3, 0.4) is 0 Å². The van der Waals surface area contributed by atoms with Crippen LogP contribution < -0.4 is 0 Å². The van der Waals surface area contributed by atoms with Crippen LogP contribution in [0.1, 0.15) is 53.8 Å². The van der Waals surface area contributed by atoms with Crippen LogP contribution in [0.25, 0.3) is 77.1 Å². The Morgan fingerprint density at radius 2 is 1.15 bits per heavy atom. The number of rotatable bonds is 5. The summed E-state index contributed by atoms with van der Waals surface area (Å²) < 4.78 is 5.04. The van der Waals surface area contributed by atoms with E-state index in [2.05, 4.69) is 222 Å². The van der Waals surface area contributed by atoms with Crippen molar-refractivity contribution < 1.29 is 0 Å². The van der Waals surface area contributed by atoms with Crippen molar-refractivity contribution in [2.75, 3.05) is 0 Å². The van der Waals surface area contributed by atoms with Crippen molar-refractivity contribution in [1.82, 2.24) is 9.13 Å². The van der Waals surface area contributed by atoms with E-state index in [1.807, 2.05) is 0 Å². The van der Waals surface area contributed by atoms with Gasteiger partial charge in [0.1, 0.15) is 0 Å². The van der Waals surface area contributed by atoms with Crippen LogP contribution in [0.4, 0.5) is 0 Å². The van der Waals surface area contributed by atoms with E-state index < -0.39 is 0 Å². The molecule has 2 aromatic heterocycles. The third-order valence-corrected chi connectivity index (χ3v) is 14.5. The summed E-state index contributed by atoms with van der Waals surface area (Å²) >= 11 is 0. The molecule has 0 bridgehead atoms. The Bertz CT molecular complexity index is 3420. The molecule has 0 spiro atoms. The molecule has 5 aliphatic carbocycles. The topological polar surface area (TPSA) is 9.86 Å². The van der Waals surface area contributed by atoms with Gasteiger partial charge in [-0.3, -0.25) is 0 Å². The summed E-state index contributed by atoms with van der Waals surface area (Å²) in [5.74, 6) is 1.53. The van der Waals surface area contributed by atoms with E-state index in [4.69, 9.17) is 0 Å². The van der Waals surface area contributed by atoms with E-state index in [-0.39, 0.29) is 0 Å². The number of hydrogen-bond acceptors (Lipinski definition) is 0. The molecule has 0 fully saturated rings. The number of benzene rings is 6. The van der Waals surface area contributed by atoms with E-state index in [0.717, 1.165) is 19.3 Å². The molecule has 0 aliphatic heterocycles. The minimum absolute atomic E-state index is 0.335. The van der Waals surface area contributed by atoms with Gasteiger partial charge in [0.25, 0.3) is 0 Å². The molecule has 2 nitrogen and oxygen atoms in total. The summed E-state index contributed by atoms with van der Waals surface area (Å²) in [6, 6.07) is 48.5. The van der Waals surface area contributed by atoms with Crippen molar-refractivity contribution in [3.63, 3.8) is 0 Å². The number of para-hydroxylation sites is 2. The molecule has 6 aromatic carbocycles. The highest BCUT2D eigenvalue weighted by atomic mass is 15.0. The molecule has 62 heavy (non-hydrogen) atoms. The molecule has 0 saturated heterocycles. The van der Waals surface area contributed by atoms with Crippen LogP contribution in [-0.2, 0) is 0 Å². The average Bonchev–Trinajstić information content (AvgIpc) is 3.97. The summed E-state index contributed by atoms with van der Waals surface area (Å²) in [7, 11) is 0. The van der Waals surface area contributed by atoms with Crippen molar-refractivity contribution >= 4 is 54.9 Å². The Labute approximate surface area is 362 Å². The molecule has 0 amide bonds. The van der Waals surface area contributed by atoms with Gasteiger partial charge in [0, 0.05) is 56.0 Å². The number of allylic oxidation sites excluding steroid dienone is 16. The first-order valence-electron chi connectivity index (χ1n) is 22.5. The molecule has 296 valence electrons. The number of fused-ring (bicyclic) bond motifs is 12. The van der Waals surface area contributed by atoms with Gasteiger partial charge < -0.3 is 9.13 Å². The summed E-state index contributed by atoms with van der Waals surface area (Å²) in [6.45, 7) is 0. The lowest BCUT2D eigenvalue weighted by molar-refractivity contribution is 0.566. The molecule has 0 radical (unpaired) electrons. The van der Waals surface area contributed by atoms with Gasteiger partial charge in [0.15, 0.2) is 0 Å². The highest BCUT2D eigenvalue weighted by molar-refractivity contribution is 6.13. The van der Waals surface area contributed by atoms with Crippen LogP contribution in [0.5, 0.6) is 0 Å². The predicted octanol–water partition coefficient (Wildman–Crippen LogP) is 15.7. The van der Waals surface area contributed by atoms with Crippen molar-refractivity contribution in [3.8, 4) is 22.3 Å². The summed E-state index contributed by atoms with van der Waals surface area (Å²) in [4.78, 5) is 0. The average molecular weight is 795 g/mol. The third kappa shape index (κ3) is 5.56. The number of aromatic nitrogens is 2. The zero-order chi connectivity index (χ0) is 40.7. The van der Waals surface area contributed by atoms with Gasteiger partial charge in [-0.1, -0.05) is 164 Å². The van der Waals surface area contributed by atoms with Crippen molar-refractivity contribution in [2.24, 2.45) is 11.8 Å². The van der Waals surface area contributed by atoms with Crippen molar-refractivity contribution in [2.45, 2.75) is 37.1 Å². The van der Waals surface area contributed by atoms with Gasteiger partial charge in [0.2, 0.25) is 0 Å². The standard InChI is InChI=1S/C60H46N2/c1-2-4-14-45(13-3-1)61-57-21-11-9-19-52(57)55-37-43(29-33-59(55)61)44-30-34-60-56(38-44)53-20-10-12-22-58(53)62(60)46-31-27-41(35-46)39-23-25-40(26-24-39)42-28-32-51-49-17-6-5-15-47(49)48-16-7-8-18-50(48)54(51)36-42/h1-3,5-13,15-23,25-39,41,45,48,50H,4,14,24H2. The quantitative estimate of drug-likeness (QED) is 0.164. The highest BCUT2D eigenvalue weighted by Gasteiger charge is 2.32. The maximum atomic E-state index is 2.55. The van der Waals surface area contributed by atoms with Crippen molar-refractivity contribution in [1.29, 1.82) is 0 Å². The smallest absolute Gasteiger partial charge is 0.0541 e. The van der Waals surface area contributed by atoms with Gasteiger partial charge in [-0.15, -0.1) is 0 Å². The first kappa shape index (κ1) is 35.6. The maximum Gasteiger partial charge on any atom is 0.0541 e. The lowest BCUT2D eigenvalue weighted by Crippen LogP contribution is -2.16. The Morgan fingerprint density at radius 1 is 0.484 bits per heavy atom. The first-order valence-corrected chi connectivity index (χ1v) is 22.5. The lowest BCUT2D eigenvalue weighted by atomic mass is 9.69. The second-order valence-corrected chi connectivity index (χ2v) is 17.8. The largest absolute Gasteiger partial charge is 0.333 e. The fourth-order valence-corrected chi connectivity index (χ4v) is 11.5. The Kier molecular flexibility index (Phi) is 8.16. The van der Waals surface area contributed by atoms with Gasteiger partial charge >= 0.3 is 0 Å². The number of nitrogens with zero attached hydrogens (tertiary/aromatic N) is 2. The van der Waals surface area contributed by atoms with Crippen LogP contribution in [-0.4, -0.2) is 9.13 Å². The Balaban J connectivity index is 0.804. The summed E-state index contributed by atoms with van der Waals surface area (Å²) in [5, 5.41) is 5.22. The molecule has 2 heterocycles. The molecule has 2 heteroatoms. The van der Waals surface area contributed by atoms with E-state index in [0.29, 0.717) is 29.7 Å². The zero-order valence-electron chi connectivity index (χ0n) is 34.6. The molecular weight excluding hydrogens is 749 g/mol. The minimum Gasteiger partial charge on any atom is -0.333 e. The lowest BCUT2D eigenvalue weighted by Gasteiger charge is -2.34. The fraction of sp³-hybridized carbons (Fsp3) is 0.133.